The van der Waals surface area contributed by atoms with Gasteiger partial charge < -0.3 is 10.0 Å². The average molecular weight is 377 g/mol. The number of thiophene rings is 1. The molecule has 2 heterocycles. The van der Waals surface area contributed by atoms with Crippen molar-refractivity contribution in [2.75, 3.05) is 37.3 Å². The molecule has 0 radical (unpaired) electrons. The lowest BCUT2D eigenvalue weighted by Crippen LogP contribution is -2.54. The lowest BCUT2D eigenvalue weighted by atomic mass is 10.1. The van der Waals surface area contributed by atoms with Gasteiger partial charge in [-0.2, -0.15) is 0 Å². The molecule has 136 valence electrons. The molecule has 0 aliphatic carbocycles. The number of anilines is 1. The second-order valence-corrected chi connectivity index (χ2v) is 9.41. The molecule has 0 spiro atoms. The normalized spacial score (nSPS) is 21.0. The van der Waals surface area contributed by atoms with Crippen molar-refractivity contribution < 1.29 is 18.4 Å². The van der Waals surface area contributed by atoms with Crippen molar-refractivity contribution in [3.63, 3.8) is 0 Å². The second-order valence-electron chi connectivity index (χ2n) is 6.14. The summed E-state index contributed by atoms with van der Waals surface area (Å²) in [6.45, 7) is 6.15. The zero-order chi connectivity index (χ0) is 18.1. The van der Waals surface area contributed by atoms with Crippen LogP contribution in [0.25, 0.3) is 0 Å². The molecule has 24 heavy (non-hydrogen) atoms. The maximum absolute atomic E-state index is 11.7. The summed E-state index contributed by atoms with van der Waals surface area (Å²) in [5, 5.41) is 21.3. The van der Waals surface area contributed by atoms with Gasteiger partial charge in [0.15, 0.2) is 14.8 Å². The number of aliphatic hydroxyl groups is 1. The van der Waals surface area contributed by atoms with Crippen molar-refractivity contribution in [2.45, 2.75) is 36.6 Å². The molecule has 8 nitrogen and oxygen atoms in total. The number of hydrogen-bond donors (Lipinski definition) is 1. The first-order valence-corrected chi connectivity index (χ1v) is 10.5. The number of piperazine rings is 1. The molecule has 1 saturated heterocycles. The van der Waals surface area contributed by atoms with Gasteiger partial charge >= 0.3 is 5.69 Å². The van der Waals surface area contributed by atoms with E-state index < -0.39 is 20.9 Å². The summed E-state index contributed by atoms with van der Waals surface area (Å²) in [6, 6.07) is 1.31. The van der Waals surface area contributed by atoms with Gasteiger partial charge in [-0.3, -0.25) is 15.0 Å². The predicted octanol–water partition coefficient (Wildman–Crippen LogP) is 1.34. The fourth-order valence-electron chi connectivity index (χ4n) is 2.93. The Balaban J connectivity index is 2.29. The van der Waals surface area contributed by atoms with E-state index in [1.807, 2.05) is 11.8 Å². The van der Waals surface area contributed by atoms with Crippen molar-refractivity contribution in [3.8, 4) is 0 Å². The van der Waals surface area contributed by atoms with Gasteiger partial charge in [-0.25, -0.2) is 8.42 Å². The fraction of sp³-hybridized carbons (Fsp3) is 0.714. The molecule has 1 aromatic rings. The Morgan fingerprint density at radius 1 is 1.50 bits per heavy atom. The van der Waals surface area contributed by atoms with Gasteiger partial charge in [0.1, 0.15) is 4.21 Å². The van der Waals surface area contributed by atoms with Crippen molar-refractivity contribution in [3.05, 3.63) is 16.2 Å². The molecular formula is C14H23N3O5S2. The monoisotopic (exact) mass is 377 g/mol. The molecule has 1 aliphatic heterocycles. The first-order valence-electron chi connectivity index (χ1n) is 7.78. The summed E-state index contributed by atoms with van der Waals surface area (Å²) < 4.78 is 23.5. The zero-order valence-corrected chi connectivity index (χ0v) is 15.6. The standard InChI is InChI=1S/C14H23N3O5S2/c1-4-11-9-16(6-5-15(11)8-10(2)18)14-12(17(19)20)7-13(23-14)24(3,21)22/h7,10-11,18H,4-6,8-9H2,1-3H3. The van der Waals surface area contributed by atoms with E-state index in [1.165, 1.54) is 0 Å². The van der Waals surface area contributed by atoms with Gasteiger partial charge in [0, 0.05) is 44.5 Å². The van der Waals surface area contributed by atoms with E-state index in [-0.39, 0.29) is 15.9 Å². The van der Waals surface area contributed by atoms with Crippen molar-refractivity contribution in [2.24, 2.45) is 0 Å². The molecule has 10 heteroatoms. The topological polar surface area (TPSA) is 104 Å². The van der Waals surface area contributed by atoms with E-state index in [2.05, 4.69) is 4.90 Å². The van der Waals surface area contributed by atoms with E-state index in [0.717, 1.165) is 30.1 Å². The third-order valence-electron chi connectivity index (χ3n) is 4.09. The van der Waals surface area contributed by atoms with Crippen LogP contribution in [0.15, 0.2) is 10.3 Å². The SMILES string of the molecule is CCC1CN(c2sc(S(C)(=O)=O)cc2[N+](=O)[O-])CCN1CC(C)O. The number of hydrogen-bond acceptors (Lipinski definition) is 8. The van der Waals surface area contributed by atoms with E-state index >= 15 is 0 Å². The van der Waals surface area contributed by atoms with Crippen LogP contribution in [-0.4, -0.2) is 67.9 Å². The molecule has 2 rings (SSSR count). The van der Waals surface area contributed by atoms with Crippen molar-refractivity contribution in [1.82, 2.24) is 4.90 Å². The minimum atomic E-state index is -3.48. The number of aliphatic hydroxyl groups excluding tert-OH is 1. The Morgan fingerprint density at radius 3 is 2.67 bits per heavy atom. The molecule has 1 N–H and O–H groups in total. The summed E-state index contributed by atoms with van der Waals surface area (Å²) >= 11 is 0.957. The molecule has 0 aromatic carbocycles. The Bertz CT molecular complexity index is 701. The van der Waals surface area contributed by atoms with Gasteiger partial charge in [0.2, 0.25) is 0 Å². The number of nitrogens with zero attached hydrogens (tertiary/aromatic N) is 3. The predicted molar refractivity (Wildman–Crippen MR) is 93.6 cm³/mol. The van der Waals surface area contributed by atoms with Gasteiger partial charge in [-0.05, 0) is 13.3 Å². The smallest absolute Gasteiger partial charge is 0.305 e. The largest absolute Gasteiger partial charge is 0.392 e. The van der Waals surface area contributed by atoms with Crippen LogP contribution < -0.4 is 4.90 Å². The van der Waals surface area contributed by atoms with E-state index in [1.54, 1.807) is 6.92 Å². The van der Waals surface area contributed by atoms with E-state index in [4.69, 9.17) is 0 Å². The fourth-order valence-corrected chi connectivity index (χ4v) is 5.00. The highest BCUT2D eigenvalue weighted by Gasteiger charge is 2.33. The molecule has 2 unspecified atom stereocenters. The van der Waals surface area contributed by atoms with Crippen LogP contribution in [-0.2, 0) is 9.84 Å². The molecule has 0 amide bonds. The minimum Gasteiger partial charge on any atom is -0.392 e. The number of β-amino-alcohol motifs (C(OH)–C–C–N with tert-alkyl or cyclic N) is 1. The number of rotatable bonds is 6. The summed E-state index contributed by atoms with van der Waals surface area (Å²) in [7, 11) is -3.48. The third kappa shape index (κ3) is 4.24. The molecule has 2 atom stereocenters. The Hall–Kier alpha value is -1.23. The van der Waals surface area contributed by atoms with Crippen LogP contribution in [0.4, 0.5) is 10.7 Å². The Labute approximate surface area is 145 Å². The van der Waals surface area contributed by atoms with E-state index in [0.29, 0.717) is 31.2 Å². The van der Waals surface area contributed by atoms with Crippen LogP contribution in [0.3, 0.4) is 0 Å². The summed E-state index contributed by atoms with van der Waals surface area (Å²) in [6.07, 6.45) is 1.47. The summed E-state index contributed by atoms with van der Waals surface area (Å²) in [4.78, 5) is 14.9. The quantitative estimate of drug-likeness (QED) is 0.589. The Morgan fingerprint density at radius 2 is 2.17 bits per heavy atom. The number of nitro groups is 1. The molecule has 1 aromatic heterocycles. The van der Waals surface area contributed by atoms with Crippen LogP contribution in [0.1, 0.15) is 20.3 Å². The van der Waals surface area contributed by atoms with E-state index in [9.17, 15) is 23.6 Å². The highest BCUT2D eigenvalue weighted by Crippen LogP contribution is 2.40. The highest BCUT2D eigenvalue weighted by molar-refractivity contribution is 7.92. The van der Waals surface area contributed by atoms with Crippen molar-refractivity contribution >= 4 is 31.9 Å². The molecule has 1 aliphatic rings. The zero-order valence-electron chi connectivity index (χ0n) is 14.0. The molecular weight excluding hydrogens is 354 g/mol. The highest BCUT2D eigenvalue weighted by atomic mass is 32.2. The third-order valence-corrected chi connectivity index (χ3v) is 7.08. The van der Waals surface area contributed by atoms with Crippen molar-refractivity contribution in [1.29, 1.82) is 0 Å². The van der Waals surface area contributed by atoms with Crippen LogP contribution in [0.5, 0.6) is 0 Å². The van der Waals surface area contributed by atoms with Crippen LogP contribution in [0.2, 0.25) is 0 Å². The molecule has 0 bridgehead atoms. The molecule has 1 fully saturated rings. The summed E-state index contributed by atoms with van der Waals surface area (Å²) in [5.74, 6) is 0. The first kappa shape index (κ1) is 19.1. The Kier molecular flexibility index (Phi) is 5.84. The summed E-state index contributed by atoms with van der Waals surface area (Å²) in [5.41, 5.74) is -0.153. The van der Waals surface area contributed by atoms with Gasteiger partial charge in [-0.15, -0.1) is 0 Å². The maximum atomic E-state index is 11.7. The van der Waals surface area contributed by atoms with Gasteiger partial charge in [0.25, 0.3) is 0 Å². The lowest BCUT2D eigenvalue weighted by molar-refractivity contribution is -0.383. The van der Waals surface area contributed by atoms with Gasteiger partial charge in [0.05, 0.1) is 11.0 Å². The van der Waals surface area contributed by atoms with Crippen LogP contribution >= 0.6 is 11.3 Å². The molecule has 0 saturated carbocycles. The minimum absolute atomic E-state index is 0.0173. The van der Waals surface area contributed by atoms with Gasteiger partial charge in [-0.1, -0.05) is 18.3 Å². The maximum Gasteiger partial charge on any atom is 0.305 e. The number of sulfone groups is 1. The first-order chi connectivity index (χ1) is 11.1. The second kappa shape index (κ2) is 7.34. The van der Waals surface area contributed by atoms with Crippen LogP contribution in [0, 0.1) is 10.1 Å². The average Bonchev–Trinajstić information content (AvgIpc) is 2.92. The lowest BCUT2D eigenvalue weighted by Gasteiger charge is -2.41.